The van der Waals surface area contributed by atoms with Crippen LogP contribution in [0.3, 0.4) is 0 Å². The van der Waals surface area contributed by atoms with Gasteiger partial charge < -0.3 is 5.73 Å². The molecule has 0 aliphatic heterocycles. The number of nitrogens with zero attached hydrogens (tertiary/aromatic N) is 3. The van der Waals surface area contributed by atoms with Crippen LogP contribution in [0, 0.1) is 6.07 Å². The molecule has 5 nitrogen and oxygen atoms in total. The molecule has 3 aromatic rings. The van der Waals surface area contributed by atoms with Gasteiger partial charge in [0.15, 0.2) is 5.69 Å². The first-order chi connectivity index (χ1) is 10.2. The van der Waals surface area contributed by atoms with Crippen molar-refractivity contribution in [2.24, 2.45) is 5.73 Å². The molecule has 2 heterocycles. The first kappa shape index (κ1) is 13.1. The molecular formula is C16H13N4O. The second-order valence-corrected chi connectivity index (χ2v) is 4.62. The average Bonchev–Trinajstić information content (AvgIpc) is 2.97. The van der Waals surface area contributed by atoms with Crippen LogP contribution >= 0.6 is 0 Å². The normalized spacial score (nSPS) is 10.5. The second-order valence-electron chi connectivity index (χ2n) is 4.62. The Balaban J connectivity index is 1.84. The standard InChI is InChI=1S/C16H13N4O/c17-16(21)15-6-9-20(19-15)11-12-2-1-3-14(10-12)13-4-7-18-8-5-13/h1-5,7-10H,11H2,(H2,17,21). The van der Waals surface area contributed by atoms with E-state index in [0.717, 1.165) is 16.7 Å². The van der Waals surface area contributed by atoms with Gasteiger partial charge in [-0.1, -0.05) is 18.2 Å². The molecule has 2 N–H and O–H groups in total. The molecular weight excluding hydrogens is 264 g/mol. The van der Waals surface area contributed by atoms with Gasteiger partial charge in [0.25, 0.3) is 5.91 Å². The second kappa shape index (κ2) is 5.58. The molecule has 0 saturated heterocycles. The van der Waals surface area contributed by atoms with Crippen LogP contribution in [-0.4, -0.2) is 20.7 Å². The lowest BCUT2D eigenvalue weighted by molar-refractivity contribution is 0.0994. The van der Waals surface area contributed by atoms with Crippen LogP contribution in [-0.2, 0) is 6.54 Å². The average molecular weight is 277 g/mol. The minimum absolute atomic E-state index is 0.153. The van der Waals surface area contributed by atoms with Crippen molar-refractivity contribution in [1.29, 1.82) is 0 Å². The Morgan fingerprint density at radius 3 is 2.71 bits per heavy atom. The van der Waals surface area contributed by atoms with Gasteiger partial charge in [-0.3, -0.25) is 14.5 Å². The summed E-state index contributed by atoms with van der Waals surface area (Å²) in [5, 5.41) is 4.08. The smallest absolute Gasteiger partial charge is 0.269 e. The number of rotatable bonds is 4. The highest BCUT2D eigenvalue weighted by molar-refractivity contribution is 5.90. The summed E-state index contributed by atoms with van der Waals surface area (Å²) in [7, 11) is 0. The molecule has 3 rings (SSSR count). The van der Waals surface area contributed by atoms with Crippen LogP contribution in [0.4, 0.5) is 0 Å². The zero-order chi connectivity index (χ0) is 14.7. The Morgan fingerprint density at radius 2 is 2.00 bits per heavy atom. The van der Waals surface area contributed by atoms with Gasteiger partial charge in [-0.2, -0.15) is 5.10 Å². The predicted octanol–water partition coefficient (Wildman–Crippen LogP) is 1.89. The summed E-state index contributed by atoms with van der Waals surface area (Å²) in [4.78, 5) is 15.0. The van der Waals surface area contributed by atoms with Gasteiger partial charge in [-0.25, -0.2) is 0 Å². The molecule has 1 amide bonds. The number of hydrogen-bond donors (Lipinski definition) is 1. The largest absolute Gasteiger partial charge is 0.364 e. The number of carbonyl (C=O) groups excluding carboxylic acids is 1. The van der Waals surface area contributed by atoms with Crippen LogP contribution in [0.1, 0.15) is 16.1 Å². The van der Waals surface area contributed by atoms with Crippen molar-refractivity contribution in [2.75, 3.05) is 0 Å². The van der Waals surface area contributed by atoms with E-state index in [1.807, 2.05) is 30.3 Å². The zero-order valence-electron chi connectivity index (χ0n) is 11.2. The Hall–Kier alpha value is -2.95. The number of benzene rings is 1. The summed E-state index contributed by atoms with van der Waals surface area (Å²) < 4.78 is 1.64. The fourth-order valence-electron chi connectivity index (χ4n) is 2.10. The number of primary amides is 1. The monoisotopic (exact) mass is 277 g/mol. The Morgan fingerprint density at radius 1 is 1.19 bits per heavy atom. The molecule has 1 radical (unpaired) electrons. The van der Waals surface area contributed by atoms with Crippen molar-refractivity contribution in [1.82, 2.24) is 14.8 Å². The number of nitrogens with two attached hydrogens (primary N) is 1. The van der Waals surface area contributed by atoms with Gasteiger partial charge in [0.1, 0.15) is 0 Å². The molecule has 0 saturated carbocycles. The highest BCUT2D eigenvalue weighted by atomic mass is 16.1. The third kappa shape index (κ3) is 2.97. The summed E-state index contributed by atoms with van der Waals surface area (Å²) in [6, 6.07) is 14.8. The lowest BCUT2D eigenvalue weighted by atomic mass is 10.0. The molecule has 1 aromatic carbocycles. The van der Waals surface area contributed by atoms with Crippen LogP contribution in [0.15, 0.2) is 55.0 Å². The first-order valence-corrected chi connectivity index (χ1v) is 6.46. The molecule has 0 atom stereocenters. The lowest BCUT2D eigenvalue weighted by Crippen LogP contribution is -2.12. The topological polar surface area (TPSA) is 73.8 Å². The molecule has 0 fully saturated rings. The van der Waals surface area contributed by atoms with E-state index in [9.17, 15) is 4.79 Å². The lowest BCUT2D eigenvalue weighted by Gasteiger charge is -2.06. The molecule has 2 aromatic heterocycles. The Labute approximate surface area is 122 Å². The summed E-state index contributed by atoms with van der Waals surface area (Å²) in [6.45, 7) is 0.558. The van der Waals surface area contributed by atoms with E-state index >= 15 is 0 Å². The first-order valence-electron chi connectivity index (χ1n) is 6.46. The summed E-state index contributed by atoms with van der Waals surface area (Å²) in [6.07, 6.45) is 5.16. The third-order valence-corrected chi connectivity index (χ3v) is 3.10. The number of aromatic nitrogens is 3. The van der Waals surface area contributed by atoms with Crippen molar-refractivity contribution >= 4 is 5.91 Å². The van der Waals surface area contributed by atoms with Gasteiger partial charge in [0, 0.05) is 24.7 Å². The SMILES string of the molecule is NC(=O)c1[c]cn(Cc2cccc(-c3ccncc3)c2)n1. The van der Waals surface area contributed by atoms with E-state index in [2.05, 4.69) is 22.2 Å². The molecule has 21 heavy (non-hydrogen) atoms. The van der Waals surface area contributed by atoms with E-state index in [0.29, 0.717) is 6.54 Å². The molecule has 0 aliphatic rings. The minimum atomic E-state index is -0.570. The Bertz CT molecular complexity index is 765. The number of pyridine rings is 1. The van der Waals surface area contributed by atoms with Crippen LogP contribution in [0.2, 0.25) is 0 Å². The van der Waals surface area contributed by atoms with Gasteiger partial charge >= 0.3 is 0 Å². The van der Waals surface area contributed by atoms with Crippen molar-refractivity contribution in [3.8, 4) is 11.1 Å². The molecule has 0 unspecified atom stereocenters. The number of hydrogen-bond acceptors (Lipinski definition) is 3. The summed E-state index contributed by atoms with van der Waals surface area (Å²) >= 11 is 0. The molecule has 0 bridgehead atoms. The highest BCUT2D eigenvalue weighted by Gasteiger charge is 2.06. The van der Waals surface area contributed by atoms with E-state index in [-0.39, 0.29) is 5.69 Å². The Kier molecular flexibility index (Phi) is 3.47. The van der Waals surface area contributed by atoms with Gasteiger partial charge in [0.2, 0.25) is 0 Å². The third-order valence-electron chi connectivity index (χ3n) is 3.10. The zero-order valence-corrected chi connectivity index (χ0v) is 11.2. The van der Waals surface area contributed by atoms with Crippen molar-refractivity contribution in [3.63, 3.8) is 0 Å². The molecule has 0 aliphatic carbocycles. The maximum absolute atomic E-state index is 11.0. The highest BCUT2D eigenvalue weighted by Crippen LogP contribution is 2.19. The van der Waals surface area contributed by atoms with E-state index < -0.39 is 5.91 Å². The van der Waals surface area contributed by atoms with Crippen LogP contribution < -0.4 is 5.73 Å². The summed E-state index contributed by atoms with van der Waals surface area (Å²) in [5.41, 5.74) is 8.62. The fraction of sp³-hybridized carbons (Fsp3) is 0.0625. The quantitative estimate of drug-likeness (QED) is 0.791. The van der Waals surface area contributed by atoms with Gasteiger partial charge in [0.05, 0.1) is 6.54 Å². The number of amides is 1. The molecule has 0 spiro atoms. The van der Waals surface area contributed by atoms with Gasteiger partial charge in [-0.15, -0.1) is 0 Å². The molecule has 5 heteroatoms. The van der Waals surface area contributed by atoms with Crippen LogP contribution in [0.5, 0.6) is 0 Å². The maximum atomic E-state index is 11.0. The van der Waals surface area contributed by atoms with E-state index in [1.54, 1.807) is 23.3 Å². The maximum Gasteiger partial charge on any atom is 0.269 e. The summed E-state index contributed by atoms with van der Waals surface area (Å²) in [5.74, 6) is -0.570. The van der Waals surface area contributed by atoms with Crippen molar-refractivity contribution in [3.05, 3.63) is 72.3 Å². The van der Waals surface area contributed by atoms with E-state index in [1.165, 1.54) is 0 Å². The van der Waals surface area contributed by atoms with Crippen molar-refractivity contribution < 1.29 is 4.79 Å². The van der Waals surface area contributed by atoms with Crippen LogP contribution in [0.25, 0.3) is 11.1 Å². The number of carbonyl (C=O) groups is 1. The van der Waals surface area contributed by atoms with E-state index in [4.69, 9.17) is 5.73 Å². The minimum Gasteiger partial charge on any atom is -0.364 e. The molecule has 103 valence electrons. The van der Waals surface area contributed by atoms with Gasteiger partial charge in [-0.05, 0) is 34.9 Å². The predicted molar refractivity (Wildman–Crippen MR) is 78.4 cm³/mol. The fourth-order valence-corrected chi connectivity index (χ4v) is 2.10. The van der Waals surface area contributed by atoms with Crippen molar-refractivity contribution in [2.45, 2.75) is 6.54 Å².